The molecule has 0 aromatic heterocycles. The predicted molar refractivity (Wildman–Crippen MR) is 74.5 cm³/mol. The number of methoxy groups -OCH3 is 1. The Morgan fingerprint density at radius 3 is 2.95 bits per heavy atom. The molecule has 5 heteroatoms. The van der Waals surface area contributed by atoms with Crippen molar-refractivity contribution in [2.45, 2.75) is 18.9 Å². The molecule has 1 aromatic carbocycles. The van der Waals surface area contributed by atoms with E-state index in [4.69, 9.17) is 19.0 Å². The van der Waals surface area contributed by atoms with Gasteiger partial charge in [-0.15, -0.1) is 0 Å². The molecule has 0 amide bonds. The van der Waals surface area contributed by atoms with Crippen molar-refractivity contribution >= 4 is 5.70 Å². The third-order valence-electron chi connectivity index (χ3n) is 3.56. The van der Waals surface area contributed by atoms with Gasteiger partial charge in [0.05, 0.1) is 26.0 Å². The average Bonchev–Trinajstić information content (AvgIpc) is 3.10. The Hall–Kier alpha value is -1.72. The Bertz CT molecular complexity index is 521. The molecule has 2 heterocycles. The van der Waals surface area contributed by atoms with E-state index in [-0.39, 0.29) is 5.60 Å². The van der Waals surface area contributed by atoms with Gasteiger partial charge in [-0.2, -0.15) is 0 Å². The summed E-state index contributed by atoms with van der Waals surface area (Å²) in [5.74, 6) is 1.47. The average molecular weight is 277 g/mol. The molecule has 0 radical (unpaired) electrons. The first-order chi connectivity index (χ1) is 9.76. The third kappa shape index (κ3) is 2.34. The third-order valence-corrected chi connectivity index (χ3v) is 3.56. The maximum atomic E-state index is 5.68. The van der Waals surface area contributed by atoms with Gasteiger partial charge in [0.2, 0.25) is 0 Å². The van der Waals surface area contributed by atoms with E-state index in [1.54, 1.807) is 7.11 Å². The number of hydroxylamine groups is 1. The summed E-state index contributed by atoms with van der Waals surface area (Å²) in [7, 11) is 1.64. The highest BCUT2D eigenvalue weighted by Crippen LogP contribution is 2.35. The highest BCUT2D eigenvalue weighted by molar-refractivity contribution is 5.68. The zero-order valence-corrected chi connectivity index (χ0v) is 11.8. The molecule has 1 saturated heterocycles. The Balaban J connectivity index is 1.87. The van der Waals surface area contributed by atoms with Gasteiger partial charge in [0.15, 0.2) is 11.5 Å². The molecule has 1 fully saturated rings. The maximum absolute atomic E-state index is 5.68. The molecule has 1 unspecified atom stereocenters. The summed E-state index contributed by atoms with van der Waals surface area (Å²) in [5, 5.41) is 0. The van der Waals surface area contributed by atoms with E-state index in [0.717, 1.165) is 35.8 Å². The van der Waals surface area contributed by atoms with Crippen molar-refractivity contribution < 1.29 is 19.0 Å². The first-order valence-electron chi connectivity index (χ1n) is 6.82. The van der Waals surface area contributed by atoms with Crippen molar-refractivity contribution in [3.05, 3.63) is 29.8 Å². The van der Waals surface area contributed by atoms with Crippen LogP contribution in [0.2, 0.25) is 0 Å². The van der Waals surface area contributed by atoms with Crippen molar-refractivity contribution in [2.75, 3.05) is 26.9 Å². The molecule has 0 aliphatic carbocycles. The number of nitrogens with one attached hydrogen (secondary N) is 1. The van der Waals surface area contributed by atoms with Crippen LogP contribution in [0, 0.1) is 0 Å². The first-order valence-corrected chi connectivity index (χ1v) is 6.82. The summed E-state index contributed by atoms with van der Waals surface area (Å²) in [6.45, 7) is 3.89. The largest absolute Gasteiger partial charge is 0.493 e. The van der Waals surface area contributed by atoms with E-state index in [2.05, 4.69) is 11.6 Å². The van der Waals surface area contributed by atoms with Crippen LogP contribution in [-0.4, -0.2) is 32.5 Å². The minimum atomic E-state index is -0.318. The summed E-state index contributed by atoms with van der Waals surface area (Å²) < 4.78 is 16.3. The van der Waals surface area contributed by atoms with E-state index in [1.807, 2.05) is 25.1 Å². The lowest BCUT2D eigenvalue weighted by molar-refractivity contribution is -0.0373. The van der Waals surface area contributed by atoms with E-state index in [9.17, 15) is 0 Å². The van der Waals surface area contributed by atoms with Crippen molar-refractivity contribution in [2.24, 2.45) is 0 Å². The molecule has 20 heavy (non-hydrogen) atoms. The molecule has 2 aliphatic heterocycles. The van der Waals surface area contributed by atoms with Gasteiger partial charge in [-0.1, -0.05) is 0 Å². The van der Waals surface area contributed by atoms with Crippen molar-refractivity contribution in [1.29, 1.82) is 0 Å². The molecule has 0 saturated carbocycles. The van der Waals surface area contributed by atoms with Gasteiger partial charge in [-0.05, 0) is 31.2 Å². The maximum Gasteiger partial charge on any atom is 0.161 e. The van der Waals surface area contributed by atoms with Crippen LogP contribution in [0.25, 0.3) is 5.70 Å². The molecular weight excluding hydrogens is 258 g/mol. The number of hydrogen-bond acceptors (Lipinski definition) is 5. The summed E-state index contributed by atoms with van der Waals surface area (Å²) in [6.07, 6.45) is 2.97. The van der Waals surface area contributed by atoms with E-state index in [0.29, 0.717) is 13.2 Å². The summed E-state index contributed by atoms with van der Waals surface area (Å²) in [4.78, 5) is 5.68. The SMILES string of the molecule is CCOc1ccc(C2=CC3(CCOC3)ON2)cc1OC. The number of hydrogen-bond donors (Lipinski definition) is 1. The van der Waals surface area contributed by atoms with Crippen LogP contribution in [0.15, 0.2) is 24.3 Å². The lowest BCUT2D eigenvalue weighted by Gasteiger charge is -2.15. The molecule has 5 nitrogen and oxygen atoms in total. The van der Waals surface area contributed by atoms with Gasteiger partial charge in [-0.25, -0.2) is 0 Å². The normalized spacial score (nSPS) is 24.6. The topological polar surface area (TPSA) is 49.0 Å². The van der Waals surface area contributed by atoms with E-state index < -0.39 is 0 Å². The van der Waals surface area contributed by atoms with Crippen molar-refractivity contribution in [1.82, 2.24) is 5.48 Å². The monoisotopic (exact) mass is 277 g/mol. The van der Waals surface area contributed by atoms with Gasteiger partial charge in [0.25, 0.3) is 0 Å². The van der Waals surface area contributed by atoms with Gasteiger partial charge < -0.3 is 14.2 Å². The zero-order valence-electron chi connectivity index (χ0n) is 11.8. The number of benzene rings is 1. The Kier molecular flexibility index (Phi) is 3.54. The molecule has 1 atom stereocenters. The second kappa shape index (κ2) is 5.34. The second-order valence-corrected chi connectivity index (χ2v) is 4.93. The molecule has 1 spiro atoms. The summed E-state index contributed by atoms with van der Waals surface area (Å²) >= 11 is 0. The fraction of sp³-hybridized carbons (Fsp3) is 0.467. The molecule has 1 N–H and O–H groups in total. The number of rotatable bonds is 4. The second-order valence-electron chi connectivity index (χ2n) is 4.93. The molecule has 3 rings (SSSR count). The number of ether oxygens (including phenoxy) is 3. The van der Waals surface area contributed by atoms with Gasteiger partial charge in [0, 0.05) is 18.6 Å². The van der Waals surface area contributed by atoms with Gasteiger partial charge in [-0.3, -0.25) is 10.3 Å². The standard InChI is InChI=1S/C15H19NO4/c1-3-19-13-5-4-11(8-14(13)17-2)12-9-15(20-16-12)6-7-18-10-15/h4-5,8-9,16H,3,6-7,10H2,1-2H3. The Labute approximate surface area is 118 Å². The summed E-state index contributed by atoms with van der Waals surface area (Å²) in [5.41, 5.74) is 4.62. The van der Waals surface area contributed by atoms with E-state index in [1.165, 1.54) is 0 Å². The fourth-order valence-electron chi connectivity index (χ4n) is 2.49. The summed E-state index contributed by atoms with van der Waals surface area (Å²) in [6, 6.07) is 5.85. The quantitative estimate of drug-likeness (QED) is 0.913. The Morgan fingerprint density at radius 2 is 2.25 bits per heavy atom. The smallest absolute Gasteiger partial charge is 0.161 e. The van der Waals surface area contributed by atoms with Crippen LogP contribution >= 0.6 is 0 Å². The van der Waals surface area contributed by atoms with E-state index >= 15 is 0 Å². The molecular formula is C15H19NO4. The van der Waals surface area contributed by atoms with Crippen LogP contribution in [-0.2, 0) is 9.57 Å². The molecule has 108 valence electrons. The molecule has 2 aliphatic rings. The first kappa shape index (κ1) is 13.3. The molecule has 0 bridgehead atoms. The van der Waals surface area contributed by atoms with Gasteiger partial charge in [0.1, 0.15) is 5.60 Å². The molecule has 1 aromatic rings. The van der Waals surface area contributed by atoms with Crippen LogP contribution in [0.1, 0.15) is 18.9 Å². The minimum absolute atomic E-state index is 0.318. The lowest BCUT2D eigenvalue weighted by Crippen LogP contribution is -2.29. The predicted octanol–water partition coefficient (Wildman–Crippen LogP) is 2.13. The highest BCUT2D eigenvalue weighted by Gasteiger charge is 2.39. The van der Waals surface area contributed by atoms with Crippen LogP contribution in [0.4, 0.5) is 0 Å². The van der Waals surface area contributed by atoms with Crippen molar-refractivity contribution in [3.63, 3.8) is 0 Å². The minimum Gasteiger partial charge on any atom is -0.493 e. The fourth-order valence-corrected chi connectivity index (χ4v) is 2.49. The van der Waals surface area contributed by atoms with Gasteiger partial charge >= 0.3 is 0 Å². The van der Waals surface area contributed by atoms with Crippen LogP contribution in [0.3, 0.4) is 0 Å². The van der Waals surface area contributed by atoms with Crippen molar-refractivity contribution in [3.8, 4) is 11.5 Å². The van der Waals surface area contributed by atoms with Crippen LogP contribution in [0.5, 0.6) is 11.5 Å². The van der Waals surface area contributed by atoms with Crippen LogP contribution < -0.4 is 15.0 Å². The Morgan fingerprint density at radius 1 is 1.35 bits per heavy atom. The highest BCUT2D eigenvalue weighted by atomic mass is 16.7. The zero-order chi connectivity index (χ0) is 14.0. The lowest BCUT2D eigenvalue weighted by atomic mass is 10.0.